The van der Waals surface area contributed by atoms with E-state index in [1.807, 2.05) is 4.72 Å². The van der Waals surface area contributed by atoms with E-state index in [0.717, 1.165) is 13.3 Å². The van der Waals surface area contributed by atoms with Crippen LogP contribution in [0.2, 0.25) is 0 Å². The number of aliphatic carboxylic acids is 1. The molecule has 0 aliphatic heterocycles. The lowest BCUT2D eigenvalue weighted by molar-refractivity contribution is -0.142. The maximum atomic E-state index is 11.9. The number of carboxylic acid groups (broad SMARTS) is 1. The topological polar surface area (TPSA) is 128 Å². The predicted molar refractivity (Wildman–Crippen MR) is 66.2 cm³/mol. The third kappa shape index (κ3) is 4.31. The number of esters is 1. The van der Waals surface area contributed by atoms with Gasteiger partial charge in [-0.1, -0.05) is 0 Å². The minimum absolute atomic E-state index is 0.149. The lowest BCUT2D eigenvalue weighted by atomic mass is 10.2. The third-order valence-corrected chi connectivity index (χ3v) is 3.88. The summed E-state index contributed by atoms with van der Waals surface area (Å²) in [6, 6.07) is -1.42. The molecule has 0 aliphatic rings. The number of carboxylic acids is 1. The zero-order valence-electron chi connectivity index (χ0n) is 10.9. The van der Waals surface area contributed by atoms with Crippen LogP contribution in [0.15, 0.2) is 17.3 Å². The van der Waals surface area contributed by atoms with Crippen LogP contribution in [-0.2, 0) is 31.4 Å². The van der Waals surface area contributed by atoms with Gasteiger partial charge in [0.1, 0.15) is 10.9 Å². The molecule has 2 N–H and O–H groups in total. The number of rotatable bonds is 7. The van der Waals surface area contributed by atoms with E-state index >= 15 is 0 Å². The van der Waals surface area contributed by atoms with Crippen LogP contribution in [-0.4, -0.2) is 48.4 Å². The van der Waals surface area contributed by atoms with Gasteiger partial charge in [0.15, 0.2) is 0 Å². The predicted octanol–water partition coefficient (Wildman–Crippen LogP) is -0.895. The molecule has 0 unspecified atom stereocenters. The lowest BCUT2D eigenvalue weighted by Crippen LogP contribution is -2.41. The van der Waals surface area contributed by atoms with Crippen molar-refractivity contribution in [2.24, 2.45) is 7.05 Å². The first-order valence-corrected chi connectivity index (χ1v) is 7.05. The maximum absolute atomic E-state index is 11.9. The molecule has 0 fully saturated rings. The molecule has 0 bridgehead atoms. The number of carbonyl (C=O) groups is 2. The van der Waals surface area contributed by atoms with Gasteiger partial charge in [-0.05, 0) is 6.42 Å². The molecule has 9 nitrogen and oxygen atoms in total. The second-order valence-corrected chi connectivity index (χ2v) is 5.69. The van der Waals surface area contributed by atoms with Crippen molar-refractivity contribution in [1.82, 2.24) is 14.5 Å². The third-order valence-electron chi connectivity index (χ3n) is 2.45. The number of hydrogen-bond donors (Lipinski definition) is 2. The summed E-state index contributed by atoms with van der Waals surface area (Å²) in [5.41, 5.74) is 0. The van der Waals surface area contributed by atoms with E-state index in [-0.39, 0.29) is 17.7 Å². The molecule has 1 atom stereocenters. The van der Waals surface area contributed by atoms with E-state index in [1.54, 1.807) is 0 Å². The molecule has 112 valence electrons. The van der Waals surface area contributed by atoms with E-state index in [2.05, 4.69) is 9.84 Å². The van der Waals surface area contributed by atoms with Gasteiger partial charge in [-0.2, -0.15) is 9.82 Å². The minimum Gasteiger partial charge on any atom is -0.480 e. The van der Waals surface area contributed by atoms with Crippen LogP contribution in [0.1, 0.15) is 12.8 Å². The average Bonchev–Trinajstić information content (AvgIpc) is 2.81. The van der Waals surface area contributed by atoms with Gasteiger partial charge in [0.05, 0.1) is 13.3 Å². The Kier molecular flexibility index (Phi) is 5.22. The fourth-order valence-corrected chi connectivity index (χ4v) is 2.60. The molecule has 0 saturated carbocycles. The summed E-state index contributed by atoms with van der Waals surface area (Å²) in [4.78, 5) is 21.8. The highest BCUT2D eigenvalue weighted by Gasteiger charge is 2.26. The van der Waals surface area contributed by atoms with Crippen LogP contribution in [0, 0.1) is 0 Å². The van der Waals surface area contributed by atoms with Crippen molar-refractivity contribution in [3.63, 3.8) is 0 Å². The van der Waals surface area contributed by atoms with Crippen molar-refractivity contribution in [3.8, 4) is 0 Å². The second-order valence-electron chi connectivity index (χ2n) is 3.98. The van der Waals surface area contributed by atoms with Crippen molar-refractivity contribution in [2.75, 3.05) is 7.11 Å². The molecule has 0 spiro atoms. The Hall–Kier alpha value is -1.94. The Morgan fingerprint density at radius 1 is 1.55 bits per heavy atom. The molecule has 0 aliphatic carbocycles. The summed E-state index contributed by atoms with van der Waals surface area (Å²) in [7, 11) is -1.31. The first-order valence-electron chi connectivity index (χ1n) is 5.57. The SMILES string of the molecule is COC(=O)CC[C@@H](NS(=O)(=O)c1cnn(C)c1)C(=O)O. The fourth-order valence-electron chi connectivity index (χ4n) is 1.39. The van der Waals surface area contributed by atoms with Crippen LogP contribution in [0.25, 0.3) is 0 Å². The smallest absolute Gasteiger partial charge is 0.321 e. The largest absolute Gasteiger partial charge is 0.480 e. The van der Waals surface area contributed by atoms with Crippen LogP contribution >= 0.6 is 0 Å². The summed E-state index contributed by atoms with van der Waals surface area (Å²) in [6.07, 6.45) is 1.92. The molecule has 0 aromatic carbocycles. The number of aromatic nitrogens is 2. The van der Waals surface area contributed by atoms with Gasteiger partial charge in [-0.3, -0.25) is 14.3 Å². The molecule has 1 heterocycles. The molecule has 1 rings (SSSR count). The quantitative estimate of drug-likeness (QED) is 0.625. The summed E-state index contributed by atoms with van der Waals surface area (Å²) in [5, 5.41) is 12.7. The molecule has 10 heteroatoms. The molecule has 1 aromatic rings. The van der Waals surface area contributed by atoms with Crippen LogP contribution in [0.5, 0.6) is 0 Å². The van der Waals surface area contributed by atoms with E-state index in [9.17, 15) is 18.0 Å². The Bertz CT molecular complexity index is 594. The maximum Gasteiger partial charge on any atom is 0.321 e. The van der Waals surface area contributed by atoms with Crippen molar-refractivity contribution in [1.29, 1.82) is 0 Å². The number of ether oxygens (including phenoxy) is 1. The summed E-state index contributed by atoms with van der Waals surface area (Å²) in [6.45, 7) is 0. The average molecular weight is 305 g/mol. The van der Waals surface area contributed by atoms with E-state index in [1.165, 1.54) is 17.9 Å². The number of nitrogens with one attached hydrogen (secondary N) is 1. The highest BCUT2D eigenvalue weighted by atomic mass is 32.2. The number of carbonyl (C=O) groups excluding carboxylic acids is 1. The van der Waals surface area contributed by atoms with Crippen molar-refractivity contribution >= 4 is 22.0 Å². The van der Waals surface area contributed by atoms with Gasteiger partial charge in [-0.25, -0.2) is 8.42 Å². The zero-order valence-corrected chi connectivity index (χ0v) is 11.8. The number of methoxy groups -OCH3 is 1. The lowest BCUT2D eigenvalue weighted by Gasteiger charge is -2.13. The van der Waals surface area contributed by atoms with E-state index < -0.39 is 28.0 Å². The van der Waals surface area contributed by atoms with Gasteiger partial charge in [0.25, 0.3) is 0 Å². The fraction of sp³-hybridized carbons (Fsp3) is 0.500. The Labute approximate surface area is 115 Å². The second kappa shape index (κ2) is 6.48. The van der Waals surface area contributed by atoms with Crippen molar-refractivity contribution in [3.05, 3.63) is 12.4 Å². The monoisotopic (exact) mass is 305 g/mol. The Balaban J connectivity index is 2.80. The Morgan fingerprint density at radius 3 is 2.65 bits per heavy atom. The minimum atomic E-state index is -4.00. The molecule has 0 amide bonds. The van der Waals surface area contributed by atoms with Crippen LogP contribution in [0.3, 0.4) is 0 Å². The molecular weight excluding hydrogens is 290 g/mol. The normalized spacial score (nSPS) is 12.9. The van der Waals surface area contributed by atoms with Crippen LogP contribution < -0.4 is 4.72 Å². The van der Waals surface area contributed by atoms with Gasteiger partial charge in [-0.15, -0.1) is 0 Å². The standard InChI is InChI=1S/C10H15N3O6S/c1-13-6-7(5-11-13)20(17,18)12-8(10(15)16)3-4-9(14)19-2/h5-6,8,12H,3-4H2,1-2H3,(H,15,16)/t8-/m1/s1. The van der Waals surface area contributed by atoms with Gasteiger partial charge in [0, 0.05) is 19.7 Å². The number of sulfonamides is 1. The molecular formula is C10H15N3O6S. The zero-order chi connectivity index (χ0) is 15.3. The first-order chi connectivity index (χ1) is 9.26. The highest BCUT2D eigenvalue weighted by Crippen LogP contribution is 2.09. The summed E-state index contributed by atoms with van der Waals surface area (Å²) >= 11 is 0. The van der Waals surface area contributed by atoms with Crippen LogP contribution in [0.4, 0.5) is 0 Å². The summed E-state index contributed by atoms with van der Waals surface area (Å²) in [5.74, 6) is -1.99. The molecule has 0 saturated heterocycles. The van der Waals surface area contributed by atoms with Crippen molar-refractivity contribution < 1.29 is 27.9 Å². The molecule has 20 heavy (non-hydrogen) atoms. The van der Waals surface area contributed by atoms with E-state index in [4.69, 9.17) is 5.11 Å². The number of aryl methyl sites for hydroxylation is 1. The van der Waals surface area contributed by atoms with Gasteiger partial charge >= 0.3 is 11.9 Å². The van der Waals surface area contributed by atoms with Gasteiger partial charge in [0.2, 0.25) is 10.0 Å². The highest BCUT2D eigenvalue weighted by molar-refractivity contribution is 7.89. The van der Waals surface area contributed by atoms with E-state index in [0.29, 0.717) is 0 Å². The Morgan fingerprint density at radius 2 is 2.20 bits per heavy atom. The number of nitrogens with zero attached hydrogens (tertiary/aromatic N) is 2. The first kappa shape index (κ1) is 16.1. The molecule has 1 aromatic heterocycles. The van der Waals surface area contributed by atoms with Gasteiger partial charge < -0.3 is 9.84 Å². The van der Waals surface area contributed by atoms with Crippen molar-refractivity contribution in [2.45, 2.75) is 23.8 Å². The summed E-state index contributed by atoms with van der Waals surface area (Å²) < 4.78 is 31.5. The molecule has 0 radical (unpaired) electrons. The number of hydrogen-bond acceptors (Lipinski definition) is 6.